The van der Waals surface area contributed by atoms with E-state index in [1.807, 2.05) is 35.2 Å². The Hall–Kier alpha value is -1.79. The molecule has 2 amide bonds. The van der Waals surface area contributed by atoms with Crippen molar-refractivity contribution in [3.63, 3.8) is 0 Å². The van der Waals surface area contributed by atoms with Gasteiger partial charge >= 0.3 is 6.03 Å². The van der Waals surface area contributed by atoms with E-state index >= 15 is 0 Å². The van der Waals surface area contributed by atoms with Gasteiger partial charge in [-0.3, -0.25) is 4.90 Å². The van der Waals surface area contributed by atoms with Crippen molar-refractivity contribution in [2.24, 2.45) is 5.92 Å². The van der Waals surface area contributed by atoms with Crippen LogP contribution in [0.3, 0.4) is 0 Å². The number of hydrogen-bond acceptors (Lipinski definition) is 4. The standard InChI is InChI=1S/C21H32N4O2/c26-21(22-16-18-8-9-25(17-18)19-6-7-19)24-12-10-23(11-13-24)14-15-27-20-4-2-1-3-5-20/h1-5,18-19H,6-17H2,(H,22,26)/t18-/m0/s1. The molecule has 3 aliphatic rings. The van der Waals surface area contributed by atoms with Crippen molar-refractivity contribution >= 4 is 6.03 Å². The summed E-state index contributed by atoms with van der Waals surface area (Å²) in [7, 11) is 0. The predicted molar refractivity (Wildman–Crippen MR) is 106 cm³/mol. The summed E-state index contributed by atoms with van der Waals surface area (Å²) in [5, 5.41) is 3.17. The van der Waals surface area contributed by atoms with Gasteiger partial charge in [0.1, 0.15) is 12.4 Å². The first-order valence-corrected chi connectivity index (χ1v) is 10.4. The smallest absolute Gasteiger partial charge is 0.317 e. The van der Waals surface area contributed by atoms with Crippen LogP contribution in [0.2, 0.25) is 0 Å². The Morgan fingerprint density at radius 3 is 2.56 bits per heavy atom. The van der Waals surface area contributed by atoms with Crippen LogP contribution in [-0.2, 0) is 0 Å². The highest BCUT2D eigenvalue weighted by Gasteiger charge is 2.34. The van der Waals surface area contributed by atoms with Gasteiger partial charge in [-0.2, -0.15) is 0 Å². The normalized spacial score (nSPS) is 24.1. The van der Waals surface area contributed by atoms with E-state index < -0.39 is 0 Å². The molecule has 2 heterocycles. The Balaban J connectivity index is 1.09. The van der Waals surface area contributed by atoms with E-state index in [-0.39, 0.29) is 6.03 Å². The van der Waals surface area contributed by atoms with Crippen molar-refractivity contribution in [2.45, 2.75) is 25.3 Å². The average molecular weight is 373 g/mol. The fraction of sp³-hybridized carbons (Fsp3) is 0.667. The number of hydrogen-bond donors (Lipinski definition) is 1. The molecule has 0 radical (unpaired) electrons. The van der Waals surface area contributed by atoms with E-state index in [9.17, 15) is 4.79 Å². The third-order valence-corrected chi connectivity index (χ3v) is 6.00. The molecule has 27 heavy (non-hydrogen) atoms. The maximum atomic E-state index is 12.4. The van der Waals surface area contributed by atoms with Gasteiger partial charge in [-0.1, -0.05) is 18.2 Å². The maximum Gasteiger partial charge on any atom is 0.317 e. The summed E-state index contributed by atoms with van der Waals surface area (Å²) in [6, 6.07) is 10.9. The molecular weight excluding hydrogens is 340 g/mol. The highest BCUT2D eigenvalue weighted by Crippen LogP contribution is 2.31. The quantitative estimate of drug-likeness (QED) is 0.794. The number of amides is 2. The van der Waals surface area contributed by atoms with Gasteiger partial charge in [-0.15, -0.1) is 0 Å². The Morgan fingerprint density at radius 2 is 1.81 bits per heavy atom. The highest BCUT2D eigenvalue weighted by atomic mass is 16.5. The molecule has 1 aromatic rings. The summed E-state index contributed by atoms with van der Waals surface area (Å²) in [6.07, 6.45) is 3.98. The molecule has 1 aliphatic carbocycles. The van der Waals surface area contributed by atoms with Crippen LogP contribution in [0.25, 0.3) is 0 Å². The molecule has 0 unspecified atom stereocenters. The Morgan fingerprint density at radius 1 is 1.04 bits per heavy atom. The molecule has 1 atom stereocenters. The Labute approximate surface area is 162 Å². The zero-order valence-electron chi connectivity index (χ0n) is 16.2. The number of likely N-dealkylation sites (tertiary alicyclic amines) is 1. The topological polar surface area (TPSA) is 48.1 Å². The average Bonchev–Trinajstić information content (AvgIpc) is 3.46. The molecule has 2 saturated heterocycles. The minimum Gasteiger partial charge on any atom is -0.492 e. The predicted octanol–water partition coefficient (Wildman–Crippen LogP) is 1.88. The zero-order valence-corrected chi connectivity index (χ0v) is 16.2. The number of piperazine rings is 1. The van der Waals surface area contributed by atoms with Crippen molar-refractivity contribution in [1.29, 1.82) is 0 Å². The largest absolute Gasteiger partial charge is 0.492 e. The van der Waals surface area contributed by atoms with Gasteiger partial charge < -0.3 is 19.9 Å². The lowest BCUT2D eigenvalue weighted by Crippen LogP contribution is -2.52. The van der Waals surface area contributed by atoms with Crippen LogP contribution in [0.15, 0.2) is 30.3 Å². The summed E-state index contributed by atoms with van der Waals surface area (Å²) >= 11 is 0. The van der Waals surface area contributed by atoms with Gasteiger partial charge in [0.25, 0.3) is 0 Å². The number of nitrogens with zero attached hydrogens (tertiary/aromatic N) is 3. The Kier molecular flexibility index (Phi) is 6.14. The van der Waals surface area contributed by atoms with Crippen LogP contribution in [0.1, 0.15) is 19.3 Å². The van der Waals surface area contributed by atoms with E-state index in [0.29, 0.717) is 12.5 Å². The summed E-state index contributed by atoms with van der Waals surface area (Å²) in [6.45, 7) is 8.25. The fourth-order valence-electron chi connectivity index (χ4n) is 4.13. The molecule has 1 aromatic carbocycles. The van der Waals surface area contributed by atoms with Gasteiger partial charge in [0.2, 0.25) is 0 Å². The second-order valence-corrected chi connectivity index (χ2v) is 8.06. The van der Waals surface area contributed by atoms with E-state index in [0.717, 1.165) is 51.1 Å². The molecule has 0 spiro atoms. The summed E-state index contributed by atoms with van der Waals surface area (Å²) in [4.78, 5) is 19.4. The van der Waals surface area contributed by atoms with Crippen LogP contribution in [0, 0.1) is 5.92 Å². The lowest BCUT2D eigenvalue weighted by atomic mass is 10.1. The van der Waals surface area contributed by atoms with E-state index in [1.165, 1.54) is 32.4 Å². The summed E-state index contributed by atoms with van der Waals surface area (Å²) in [5.41, 5.74) is 0. The van der Waals surface area contributed by atoms with Crippen molar-refractivity contribution in [3.8, 4) is 5.75 Å². The number of carbonyl (C=O) groups excluding carboxylic acids is 1. The molecule has 0 aromatic heterocycles. The number of benzene rings is 1. The Bertz CT molecular complexity index is 599. The van der Waals surface area contributed by atoms with Crippen molar-refractivity contribution in [3.05, 3.63) is 30.3 Å². The zero-order chi connectivity index (χ0) is 18.5. The second kappa shape index (κ2) is 8.93. The molecule has 1 N–H and O–H groups in total. The highest BCUT2D eigenvalue weighted by molar-refractivity contribution is 5.74. The van der Waals surface area contributed by atoms with Crippen LogP contribution >= 0.6 is 0 Å². The second-order valence-electron chi connectivity index (χ2n) is 8.06. The summed E-state index contributed by atoms with van der Waals surface area (Å²) in [5.74, 6) is 1.55. The molecule has 1 saturated carbocycles. The molecular formula is C21H32N4O2. The third kappa shape index (κ3) is 5.36. The fourth-order valence-corrected chi connectivity index (χ4v) is 4.13. The molecule has 6 nitrogen and oxygen atoms in total. The van der Waals surface area contributed by atoms with Gasteiger partial charge in [0, 0.05) is 51.9 Å². The molecule has 6 heteroatoms. The number of urea groups is 1. The van der Waals surface area contributed by atoms with Crippen molar-refractivity contribution in [1.82, 2.24) is 20.0 Å². The molecule has 0 bridgehead atoms. The van der Waals surface area contributed by atoms with Gasteiger partial charge in [-0.25, -0.2) is 4.79 Å². The van der Waals surface area contributed by atoms with Gasteiger partial charge in [-0.05, 0) is 43.9 Å². The van der Waals surface area contributed by atoms with Crippen molar-refractivity contribution < 1.29 is 9.53 Å². The minimum atomic E-state index is 0.111. The number of carbonyl (C=O) groups is 1. The number of para-hydroxylation sites is 1. The van der Waals surface area contributed by atoms with Crippen LogP contribution < -0.4 is 10.1 Å². The lowest BCUT2D eigenvalue weighted by Gasteiger charge is -2.34. The summed E-state index contributed by atoms with van der Waals surface area (Å²) < 4.78 is 5.77. The molecule has 4 rings (SSSR count). The third-order valence-electron chi connectivity index (χ3n) is 6.00. The van der Waals surface area contributed by atoms with Crippen LogP contribution in [0.4, 0.5) is 4.79 Å². The van der Waals surface area contributed by atoms with Gasteiger partial charge in [0.15, 0.2) is 0 Å². The number of ether oxygens (including phenoxy) is 1. The first-order chi connectivity index (χ1) is 13.3. The van der Waals surface area contributed by atoms with Crippen LogP contribution in [-0.4, -0.2) is 85.7 Å². The number of nitrogens with one attached hydrogen (secondary N) is 1. The first-order valence-electron chi connectivity index (χ1n) is 10.4. The lowest BCUT2D eigenvalue weighted by molar-refractivity contribution is 0.125. The first kappa shape index (κ1) is 18.6. The monoisotopic (exact) mass is 372 g/mol. The van der Waals surface area contributed by atoms with Gasteiger partial charge in [0.05, 0.1) is 0 Å². The molecule has 148 valence electrons. The number of rotatable bonds is 7. The van der Waals surface area contributed by atoms with Crippen LogP contribution in [0.5, 0.6) is 5.75 Å². The van der Waals surface area contributed by atoms with E-state index in [1.54, 1.807) is 0 Å². The molecule has 3 fully saturated rings. The molecule has 2 aliphatic heterocycles. The van der Waals surface area contributed by atoms with Crippen molar-refractivity contribution in [2.75, 3.05) is 59.0 Å². The maximum absolute atomic E-state index is 12.4. The SMILES string of the molecule is O=C(NC[C@@H]1CCN(C2CC2)C1)N1CCN(CCOc2ccccc2)CC1. The van der Waals surface area contributed by atoms with E-state index in [4.69, 9.17) is 4.74 Å². The minimum absolute atomic E-state index is 0.111. The van der Waals surface area contributed by atoms with E-state index in [2.05, 4.69) is 15.1 Å².